The molecule has 2 rings (SSSR count). The van der Waals surface area contributed by atoms with Crippen molar-refractivity contribution in [2.24, 2.45) is 0 Å². The van der Waals surface area contributed by atoms with Crippen LogP contribution in [0.25, 0.3) is 0 Å². The van der Waals surface area contributed by atoms with Crippen LogP contribution in [0.1, 0.15) is 24.6 Å². The highest BCUT2D eigenvalue weighted by atomic mass is 79.9. The van der Waals surface area contributed by atoms with Gasteiger partial charge in [0.15, 0.2) is 0 Å². The average Bonchev–Trinajstić information content (AvgIpc) is 2.81. The van der Waals surface area contributed by atoms with Gasteiger partial charge in [-0.15, -0.1) is 0 Å². The Morgan fingerprint density at radius 3 is 2.95 bits per heavy atom. The number of aromatic nitrogens is 2. The van der Waals surface area contributed by atoms with E-state index in [0.717, 1.165) is 34.6 Å². The monoisotopic (exact) mass is 341 g/mol. The molecule has 0 radical (unpaired) electrons. The van der Waals surface area contributed by atoms with Gasteiger partial charge < -0.3 is 5.32 Å². The molecular weight excluding hydrogens is 326 g/mol. The summed E-state index contributed by atoms with van der Waals surface area (Å²) in [7, 11) is 0. The molecule has 0 aliphatic carbocycles. The van der Waals surface area contributed by atoms with E-state index in [9.17, 15) is 0 Å². The van der Waals surface area contributed by atoms with E-state index in [1.54, 1.807) is 0 Å². The second-order valence-electron chi connectivity index (χ2n) is 4.39. The van der Waals surface area contributed by atoms with E-state index in [2.05, 4.69) is 33.3 Å². The minimum atomic E-state index is 0.697. The average molecular weight is 343 g/mol. The molecule has 0 saturated heterocycles. The van der Waals surface area contributed by atoms with Crippen molar-refractivity contribution in [3.05, 3.63) is 51.2 Å². The topological polar surface area (TPSA) is 29.9 Å². The summed E-state index contributed by atoms with van der Waals surface area (Å²) in [4.78, 5) is 0. The van der Waals surface area contributed by atoms with E-state index in [-0.39, 0.29) is 0 Å². The van der Waals surface area contributed by atoms with E-state index in [4.69, 9.17) is 11.6 Å². The predicted molar refractivity (Wildman–Crippen MR) is 82.5 cm³/mol. The highest BCUT2D eigenvalue weighted by molar-refractivity contribution is 9.10. The minimum absolute atomic E-state index is 0.697. The number of halogens is 2. The van der Waals surface area contributed by atoms with Crippen molar-refractivity contribution in [1.29, 1.82) is 0 Å². The molecule has 0 saturated carbocycles. The number of hydrogen-bond acceptors (Lipinski definition) is 2. The first kappa shape index (κ1) is 14.6. The standard InChI is InChI=1S/C14H17BrClN3/c1-2-6-17-9-13-5-7-18-19(13)10-11-3-4-12(15)8-14(11)16/h3-5,7-8,17H,2,6,9-10H2,1H3. The molecule has 1 N–H and O–H groups in total. The van der Waals surface area contributed by atoms with Crippen LogP contribution in [-0.2, 0) is 13.1 Å². The number of nitrogens with zero attached hydrogens (tertiary/aromatic N) is 2. The summed E-state index contributed by atoms with van der Waals surface area (Å²) in [6.45, 7) is 4.71. The Hall–Kier alpha value is -0.840. The molecular formula is C14H17BrClN3. The molecule has 1 aromatic heterocycles. The van der Waals surface area contributed by atoms with Crippen LogP contribution < -0.4 is 5.32 Å². The number of benzene rings is 1. The summed E-state index contributed by atoms with van der Waals surface area (Å²) >= 11 is 9.65. The summed E-state index contributed by atoms with van der Waals surface area (Å²) in [5.41, 5.74) is 2.25. The third-order valence-corrected chi connectivity index (χ3v) is 3.72. The summed E-state index contributed by atoms with van der Waals surface area (Å²) in [6, 6.07) is 7.97. The Morgan fingerprint density at radius 2 is 2.21 bits per heavy atom. The van der Waals surface area contributed by atoms with Crippen LogP contribution >= 0.6 is 27.5 Å². The van der Waals surface area contributed by atoms with Crippen molar-refractivity contribution in [2.75, 3.05) is 6.54 Å². The van der Waals surface area contributed by atoms with Crippen molar-refractivity contribution in [3.63, 3.8) is 0 Å². The fourth-order valence-corrected chi connectivity index (χ4v) is 2.59. The molecule has 3 nitrogen and oxygen atoms in total. The Balaban J connectivity index is 2.08. The zero-order valence-electron chi connectivity index (χ0n) is 10.9. The summed E-state index contributed by atoms with van der Waals surface area (Å²) in [5.74, 6) is 0. The van der Waals surface area contributed by atoms with Gasteiger partial charge >= 0.3 is 0 Å². The molecule has 2 aromatic rings. The third-order valence-electron chi connectivity index (χ3n) is 2.87. The molecule has 1 aromatic carbocycles. The predicted octanol–water partition coefficient (Wildman–Crippen LogP) is 3.85. The molecule has 0 spiro atoms. The van der Waals surface area contributed by atoms with Gasteiger partial charge in [-0.1, -0.05) is 40.5 Å². The third kappa shape index (κ3) is 4.06. The van der Waals surface area contributed by atoms with Gasteiger partial charge in [-0.3, -0.25) is 4.68 Å². The van der Waals surface area contributed by atoms with Gasteiger partial charge in [-0.05, 0) is 36.7 Å². The summed E-state index contributed by atoms with van der Waals surface area (Å²) in [5, 5.41) is 8.51. The number of rotatable bonds is 6. The first-order chi connectivity index (χ1) is 9.20. The Kier molecular flexibility index (Phi) is 5.43. The van der Waals surface area contributed by atoms with Crippen molar-refractivity contribution in [1.82, 2.24) is 15.1 Å². The summed E-state index contributed by atoms with van der Waals surface area (Å²) < 4.78 is 2.98. The number of hydrogen-bond donors (Lipinski definition) is 1. The van der Waals surface area contributed by atoms with Gasteiger partial charge in [0.25, 0.3) is 0 Å². The molecule has 0 unspecified atom stereocenters. The van der Waals surface area contributed by atoms with Crippen molar-refractivity contribution in [2.45, 2.75) is 26.4 Å². The van der Waals surface area contributed by atoms with Gasteiger partial charge in [-0.25, -0.2) is 0 Å². The molecule has 0 aliphatic heterocycles. The molecule has 0 fully saturated rings. The molecule has 0 bridgehead atoms. The Bertz CT molecular complexity index is 539. The van der Waals surface area contributed by atoms with Crippen molar-refractivity contribution in [3.8, 4) is 0 Å². The van der Waals surface area contributed by atoms with Crippen molar-refractivity contribution < 1.29 is 0 Å². The summed E-state index contributed by atoms with van der Waals surface area (Å²) in [6.07, 6.45) is 2.96. The maximum atomic E-state index is 6.24. The highest BCUT2D eigenvalue weighted by Gasteiger charge is 2.06. The van der Waals surface area contributed by atoms with E-state index in [1.807, 2.05) is 35.1 Å². The lowest BCUT2D eigenvalue weighted by Gasteiger charge is -2.10. The maximum absolute atomic E-state index is 6.24. The van der Waals surface area contributed by atoms with Crippen LogP contribution in [-0.4, -0.2) is 16.3 Å². The van der Waals surface area contributed by atoms with Crippen LogP contribution in [0.5, 0.6) is 0 Å². The van der Waals surface area contributed by atoms with Gasteiger partial charge in [0.1, 0.15) is 0 Å². The van der Waals surface area contributed by atoms with Crippen LogP contribution in [0.2, 0.25) is 5.02 Å². The van der Waals surface area contributed by atoms with Crippen molar-refractivity contribution >= 4 is 27.5 Å². The lowest BCUT2D eigenvalue weighted by atomic mass is 10.2. The number of nitrogens with one attached hydrogen (secondary N) is 1. The van der Waals surface area contributed by atoms with E-state index >= 15 is 0 Å². The quantitative estimate of drug-likeness (QED) is 0.808. The van der Waals surface area contributed by atoms with Gasteiger partial charge in [0.2, 0.25) is 0 Å². The van der Waals surface area contributed by atoms with Crippen LogP contribution in [0, 0.1) is 0 Å². The molecule has 1 heterocycles. The Labute approximate surface area is 127 Å². The maximum Gasteiger partial charge on any atom is 0.0677 e. The SMILES string of the molecule is CCCNCc1ccnn1Cc1ccc(Br)cc1Cl. The lowest BCUT2D eigenvalue weighted by molar-refractivity contribution is 0.592. The molecule has 0 atom stereocenters. The zero-order valence-corrected chi connectivity index (χ0v) is 13.2. The molecule has 0 aliphatic rings. The molecule has 102 valence electrons. The van der Waals surface area contributed by atoms with Crippen LogP contribution in [0.3, 0.4) is 0 Å². The fraction of sp³-hybridized carbons (Fsp3) is 0.357. The largest absolute Gasteiger partial charge is 0.311 e. The van der Waals surface area contributed by atoms with Gasteiger partial charge in [-0.2, -0.15) is 5.10 Å². The smallest absolute Gasteiger partial charge is 0.0677 e. The first-order valence-corrected chi connectivity index (χ1v) is 7.53. The lowest BCUT2D eigenvalue weighted by Crippen LogP contribution is -2.17. The van der Waals surface area contributed by atoms with E-state index in [1.165, 1.54) is 5.69 Å². The second kappa shape index (κ2) is 7.08. The van der Waals surface area contributed by atoms with Gasteiger partial charge in [0, 0.05) is 22.2 Å². The molecule has 0 amide bonds. The van der Waals surface area contributed by atoms with E-state index < -0.39 is 0 Å². The normalized spacial score (nSPS) is 10.9. The van der Waals surface area contributed by atoms with Crippen LogP contribution in [0.15, 0.2) is 34.9 Å². The zero-order chi connectivity index (χ0) is 13.7. The highest BCUT2D eigenvalue weighted by Crippen LogP contribution is 2.22. The minimum Gasteiger partial charge on any atom is -0.311 e. The fourth-order valence-electron chi connectivity index (χ4n) is 1.86. The molecule has 19 heavy (non-hydrogen) atoms. The molecule has 5 heteroatoms. The Morgan fingerprint density at radius 1 is 1.37 bits per heavy atom. The second-order valence-corrected chi connectivity index (χ2v) is 5.72. The van der Waals surface area contributed by atoms with Gasteiger partial charge in [0.05, 0.1) is 12.2 Å². The van der Waals surface area contributed by atoms with Crippen LogP contribution in [0.4, 0.5) is 0 Å². The van der Waals surface area contributed by atoms with E-state index in [0.29, 0.717) is 6.54 Å². The first-order valence-electron chi connectivity index (χ1n) is 6.36.